The van der Waals surface area contributed by atoms with Crippen LogP contribution in [0.3, 0.4) is 0 Å². The summed E-state index contributed by atoms with van der Waals surface area (Å²) in [6.45, 7) is 2.21. The van der Waals surface area contributed by atoms with E-state index in [0.717, 1.165) is 5.56 Å². The molecular formula is C16H18N2O4. The van der Waals surface area contributed by atoms with Gasteiger partial charge < -0.3 is 25.0 Å². The molecule has 116 valence electrons. The van der Waals surface area contributed by atoms with Crippen LogP contribution in [-0.2, 0) is 16.1 Å². The molecule has 1 atom stereocenters. The number of benzene rings is 1. The van der Waals surface area contributed by atoms with Crippen LogP contribution in [0, 0.1) is 6.92 Å². The van der Waals surface area contributed by atoms with Crippen molar-refractivity contribution < 1.29 is 24.4 Å². The lowest BCUT2D eigenvalue weighted by Gasteiger charge is -2.16. The molecule has 3 N–H and O–H groups in total. The summed E-state index contributed by atoms with van der Waals surface area (Å²) >= 11 is 0. The van der Waals surface area contributed by atoms with Gasteiger partial charge in [-0.25, -0.2) is 0 Å². The molecule has 1 heterocycles. The number of quaternary nitrogens is 1. The minimum atomic E-state index is -1.27. The Kier molecular flexibility index (Phi) is 5.32. The Morgan fingerprint density at radius 1 is 1.27 bits per heavy atom. The molecule has 0 fully saturated rings. The van der Waals surface area contributed by atoms with E-state index >= 15 is 0 Å². The molecule has 2 rings (SSSR count). The predicted molar refractivity (Wildman–Crippen MR) is 77.6 cm³/mol. The second-order valence-corrected chi connectivity index (χ2v) is 5.01. The Labute approximate surface area is 128 Å². The normalized spacial score (nSPS) is 11.9. The van der Waals surface area contributed by atoms with Gasteiger partial charge in [-0.2, -0.15) is 0 Å². The SMILES string of the molecule is Cc1ccccc1NC(=O)CC([NH2+]Cc1ccco1)C(=O)[O-]. The summed E-state index contributed by atoms with van der Waals surface area (Å²) in [6, 6.07) is 9.82. The van der Waals surface area contributed by atoms with Crippen LogP contribution in [0.5, 0.6) is 0 Å². The molecular weight excluding hydrogens is 284 g/mol. The summed E-state index contributed by atoms with van der Waals surface area (Å²) in [7, 11) is 0. The van der Waals surface area contributed by atoms with Gasteiger partial charge in [0.25, 0.3) is 0 Å². The zero-order valence-corrected chi connectivity index (χ0v) is 12.2. The van der Waals surface area contributed by atoms with Gasteiger partial charge in [0.2, 0.25) is 5.91 Å². The molecule has 0 bridgehead atoms. The van der Waals surface area contributed by atoms with E-state index in [1.165, 1.54) is 11.6 Å². The second-order valence-electron chi connectivity index (χ2n) is 5.01. The van der Waals surface area contributed by atoms with Crippen LogP contribution in [0.25, 0.3) is 0 Å². The minimum absolute atomic E-state index is 0.169. The first-order valence-corrected chi connectivity index (χ1v) is 6.98. The van der Waals surface area contributed by atoms with E-state index in [4.69, 9.17) is 4.42 Å². The Balaban J connectivity index is 1.91. The maximum atomic E-state index is 12.0. The highest BCUT2D eigenvalue weighted by Crippen LogP contribution is 2.13. The summed E-state index contributed by atoms with van der Waals surface area (Å²) in [5, 5.41) is 15.4. The summed E-state index contributed by atoms with van der Waals surface area (Å²) in [5.41, 5.74) is 1.59. The molecule has 1 aromatic heterocycles. The molecule has 0 saturated carbocycles. The Morgan fingerprint density at radius 2 is 2.05 bits per heavy atom. The summed E-state index contributed by atoms with van der Waals surface area (Å²) in [6.07, 6.45) is 1.35. The molecule has 6 heteroatoms. The maximum absolute atomic E-state index is 12.0. The topological polar surface area (TPSA) is 99.0 Å². The van der Waals surface area contributed by atoms with Crippen LogP contribution in [0.15, 0.2) is 47.1 Å². The Hall–Kier alpha value is -2.60. The highest BCUT2D eigenvalue weighted by atomic mass is 16.4. The summed E-state index contributed by atoms with van der Waals surface area (Å²) in [4.78, 5) is 23.2. The van der Waals surface area contributed by atoms with E-state index in [0.29, 0.717) is 18.0 Å². The van der Waals surface area contributed by atoms with Crippen molar-refractivity contribution in [1.29, 1.82) is 0 Å². The first-order chi connectivity index (χ1) is 10.6. The number of aryl methyl sites for hydroxylation is 1. The number of carbonyl (C=O) groups excluding carboxylic acids is 2. The third-order valence-corrected chi connectivity index (χ3v) is 3.31. The van der Waals surface area contributed by atoms with Gasteiger partial charge in [0.05, 0.1) is 18.7 Å². The molecule has 6 nitrogen and oxygen atoms in total. The van der Waals surface area contributed by atoms with Crippen molar-refractivity contribution in [1.82, 2.24) is 0 Å². The van der Waals surface area contributed by atoms with Crippen LogP contribution >= 0.6 is 0 Å². The fourth-order valence-electron chi connectivity index (χ4n) is 2.06. The average molecular weight is 302 g/mol. The van der Waals surface area contributed by atoms with E-state index in [-0.39, 0.29) is 12.3 Å². The van der Waals surface area contributed by atoms with Gasteiger partial charge in [0.15, 0.2) is 5.76 Å². The quantitative estimate of drug-likeness (QED) is 0.740. The number of nitrogens with two attached hydrogens (primary N) is 1. The second kappa shape index (κ2) is 7.42. The molecule has 0 saturated heterocycles. The van der Waals surface area contributed by atoms with Gasteiger partial charge in [0, 0.05) is 5.69 Å². The number of rotatable bonds is 7. The third kappa shape index (κ3) is 4.46. The van der Waals surface area contributed by atoms with Crippen molar-refractivity contribution >= 4 is 17.6 Å². The largest absolute Gasteiger partial charge is 0.544 e. The number of anilines is 1. The van der Waals surface area contributed by atoms with E-state index in [2.05, 4.69) is 5.32 Å². The first kappa shape index (κ1) is 15.8. The number of hydrogen-bond acceptors (Lipinski definition) is 4. The van der Waals surface area contributed by atoms with Gasteiger partial charge >= 0.3 is 0 Å². The molecule has 0 aliphatic carbocycles. The van der Waals surface area contributed by atoms with E-state index in [9.17, 15) is 14.7 Å². The zero-order chi connectivity index (χ0) is 15.9. The summed E-state index contributed by atoms with van der Waals surface area (Å²) < 4.78 is 5.13. The highest BCUT2D eigenvalue weighted by molar-refractivity contribution is 5.93. The molecule has 0 radical (unpaired) electrons. The average Bonchev–Trinajstić information content (AvgIpc) is 2.99. The lowest BCUT2D eigenvalue weighted by atomic mass is 10.1. The number of amides is 1. The number of carboxylic acids is 1. The number of para-hydroxylation sites is 1. The van der Waals surface area contributed by atoms with Crippen LogP contribution in [0.4, 0.5) is 5.69 Å². The highest BCUT2D eigenvalue weighted by Gasteiger charge is 2.19. The lowest BCUT2D eigenvalue weighted by molar-refractivity contribution is -0.698. The van der Waals surface area contributed by atoms with E-state index < -0.39 is 12.0 Å². The van der Waals surface area contributed by atoms with Gasteiger partial charge in [-0.3, -0.25) is 4.79 Å². The number of aliphatic carboxylic acids is 1. The number of nitrogens with one attached hydrogen (secondary N) is 1. The van der Waals surface area contributed by atoms with Crippen LogP contribution in [-0.4, -0.2) is 17.9 Å². The molecule has 0 spiro atoms. The molecule has 0 aliphatic rings. The smallest absolute Gasteiger partial charge is 0.230 e. The van der Waals surface area contributed by atoms with Crippen LogP contribution in [0.2, 0.25) is 0 Å². The molecule has 1 amide bonds. The molecule has 2 aromatic rings. The molecule has 1 unspecified atom stereocenters. The van der Waals surface area contributed by atoms with Crippen molar-refractivity contribution in [2.45, 2.75) is 25.9 Å². The van der Waals surface area contributed by atoms with E-state index in [1.54, 1.807) is 18.2 Å². The van der Waals surface area contributed by atoms with Crippen LogP contribution in [0.1, 0.15) is 17.7 Å². The van der Waals surface area contributed by atoms with E-state index in [1.807, 2.05) is 25.1 Å². The molecule has 22 heavy (non-hydrogen) atoms. The Bertz CT molecular complexity index is 637. The third-order valence-electron chi connectivity index (χ3n) is 3.31. The fourth-order valence-corrected chi connectivity index (χ4v) is 2.06. The number of carboxylic acid groups (broad SMARTS) is 1. The maximum Gasteiger partial charge on any atom is 0.230 e. The van der Waals surface area contributed by atoms with Gasteiger partial charge in [-0.15, -0.1) is 0 Å². The number of carbonyl (C=O) groups is 2. The van der Waals surface area contributed by atoms with Gasteiger partial charge in [-0.05, 0) is 30.7 Å². The van der Waals surface area contributed by atoms with Gasteiger partial charge in [0.1, 0.15) is 12.6 Å². The van der Waals surface area contributed by atoms with Crippen molar-refractivity contribution in [2.24, 2.45) is 0 Å². The molecule has 1 aromatic carbocycles. The van der Waals surface area contributed by atoms with Crippen molar-refractivity contribution in [3.8, 4) is 0 Å². The lowest BCUT2D eigenvalue weighted by Crippen LogP contribution is -2.92. The van der Waals surface area contributed by atoms with Crippen LogP contribution < -0.4 is 15.7 Å². The van der Waals surface area contributed by atoms with Gasteiger partial charge in [-0.1, -0.05) is 18.2 Å². The fraction of sp³-hybridized carbons (Fsp3) is 0.250. The van der Waals surface area contributed by atoms with Crippen molar-refractivity contribution in [3.05, 3.63) is 54.0 Å². The predicted octanol–water partition coefficient (Wildman–Crippen LogP) is -0.201. The molecule has 0 aliphatic heterocycles. The van der Waals surface area contributed by atoms with Crippen molar-refractivity contribution in [2.75, 3.05) is 5.32 Å². The minimum Gasteiger partial charge on any atom is -0.544 e. The number of hydrogen-bond donors (Lipinski definition) is 2. The Morgan fingerprint density at radius 3 is 2.68 bits per heavy atom. The van der Waals surface area contributed by atoms with Crippen molar-refractivity contribution in [3.63, 3.8) is 0 Å². The zero-order valence-electron chi connectivity index (χ0n) is 12.2. The summed E-state index contributed by atoms with van der Waals surface area (Å²) in [5.74, 6) is -0.990. The monoisotopic (exact) mass is 302 g/mol. The first-order valence-electron chi connectivity index (χ1n) is 6.98. The standard InChI is InChI=1S/C16H18N2O4/c1-11-5-2-3-7-13(11)18-15(19)9-14(16(20)21)17-10-12-6-4-8-22-12/h2-8,14,17H,9-10H2,1H3,(H,18,19)(H,20,21). The number of furan rings is 1.